The summed E-state index contributed by atoms with van der Waals surface area (Å²) in [7, 11) is 0. The number of benzene rings is 2. The van der Waals surface area contributed by atoms with Crippen LogP contribution in [0.15, 0.2) is 47.3 Å². The minimum absolute atomic E-state index is 0.0727. The van der Waals surface area contributed by atoms with Crippen LogP contribution in [0, 0.1) is 3.57 Å². The van der Waals surface area contributed by atoms with Gasteiger partial charge in [0.15, 0.2) is 0 Å². The van der Waals surface area contributed by atoms with Crippen molar-refractivity contribution in [3.63, 3.8) is 0 Å². The predicted molar refractivity (Wildman–Crippen MR) is 94.8 cm³/mol. The van der Waals surface area contributed by atoms with Crippen molar-refractivity contribution in [1.82, 2.24) is 9.55 Å². The van der Waals surface area contributed by atoms with E-state index in [1.807, 2.05) is 43.3 Å². The fraction of sp³-hybridized carbons (Fsp3) is 0.125. The number of halogens is 2. The maximum atomic E-state index is 12.7. The number of rotatable bonds is 2. The van der Waals surface area contributed by atoms with Gasteiger partial charge in [0.1, 0.15) is 5.69 Å². The zero-order chi connectivity index (χ0) is 15.0. The van der Waals surface area contributed by atoms with E-state index in [1.165, 1.54) is 0 Å². The molecule has 21 heavy (non-hydrogen) atoms. The number of hydrogen-bond acceptors (Lipinski definition) is 2. The van der Waals surface area contributed by atoms with E-state index in [0.717, 1.165) is 20.2 Å². The molecule has 0 aliphatic carbocycles. The molecule has 0 saturated carbocycles. The van der Waals surface area contributed by atoms with Crippen molar-refractivity contribution in [3.8, 4) is 11.3 Å². The van der Waals surface area contributed by atoms with Crippen LogP contribution in [0.2, 0.25) is 5.02 Å². The summed E-state index contributed by atoms with van der Waals surface area (Å²) in [6, 6.07) is 13.2. The number of nitrogens with zero attached hydrogens (tertiary/aromatic N) is 2. The first kappa shape index (κ1) is 14.5. The Kier molecular flexibility index (Phi) is 3.99. The smallest absolute Gasteiger partial charge is 0.277 e. The number of aryl methyl sites for hydroxylation is 1. The third-order valence-corrected chi connectivity index (χ3v) is 4.48. The molecule has 0 atom stereocenters. The Morgan fingerprint density at radius 1 is 1.24 bits per heavy atom. The summed E-state index contributed by atoms with van der Waals surface area (Å²) < 4.78 is 2.67. The molecule has 0 spiro atoms. The molecule has 3 aromatic rings. The molecule has 0 radical (unpaired) electrons. The highest BCUT2D eigenvalue weighted by molar-refractivity contribution is 14.1. The fourth-order valence-corrected chi connectivity index (χ4v) is 3.49. The van der Waals surface area contributed by atoms with Gasteiger partial charge in [-0.1, -0.05) is 29.8 Å². The third-order valence-electron chi connectivity index (χ3n) is 3.35. The van der Waals surface area contributed by atoms with Gasteiger partial charge in [-0.15, -0.1) is 0 Å². The molecule has 0 saturated heterocycles. The Morgan fingerprint density at radius 2 is 2.00 bits per heavy atom. The second kappa shape index (κ2) is 5.77. The number of aromatic nitrogens is 2. The molecule has 0 amide bonds. The fourth-order valence-electron chi connectivity index (χ4n) is 2.36. The largest absolute Gasteiger partial charge is 0.305 e. The molecule has 106 valence electrons. The molecule has 0 fully saturated rings. The quantitative estimate of drug-likeness (QED) is 0.589. The molecular weight excluding hydrogens is 399 g/mol. The van der Waals surface area contributed by atoms with Crippen molar-refractivity contribution < 1.29 is 0 Å². The summed E-state index contributed by atoms with van der Waals surface area (Å²) >= 11 is 8.17. The molecule has 0 aliphatic rings. The summed E-state index contributed by atoms with van der Waals surface area (Å²) in [5.41, 5.74) is 2.89. The Morgan fingerprint density at radius 3 is 2.71 bits per heavy atom. The van der Waals surface area contributed by atoms with Crippen LogP contribution < -0.4 is 5.56 Å². The molecule has 1 heterocycles. The molecular formula is C16H12ClIN2O. The van der Waals surface area contributed by atoms with E-state index in [1.54, 1.807) is 10.6 Å². The van der Waals surface area contributed by atoms with Gasteiger partial charge in [0.25, 0.3) is 5.56 Å². The van der Waals surface area contributed by atoms with Crippen LogP contribution >= 0.6 is 34.2 Å². The van der Waals surface area contributed by atoms with Crippen molar-refractivity contribution in [2.24, 2.45) is 0 Å². The van der Waals surface area contributed by atoms with Crippen molar-refractivity contribution in [2.45, 2.75) is 13.5 Å². The van der Waals surface area contributed by atoms with Crippen LogP contribution in [0.1, 0.15) is 6.92 Å². The predicted octanol–water partition coefficient (Wildman–Crippen LogP) is 4.34. The van der Waals surface area contributed by atoms with Crippen LogP contribution in [0.4, 0.5) is 0 Å². The minimum atomic E-state index is -0.0727. The van der Waals surface area contributed by atoms with Crippen LogP contribution in [0.3, 0.4) is 0 Å². The summed E-state index contributed by atoms with van der Waals surface area (Å²) in [5, 5.41) is 0.653. The maximum absolute atomic E-state index is 12.7. The number of para-hydroxylation sites is 2. The molecule has 0 aliphatic heterocycles. The van der Waals surface area contributed by atoms with E-state index in [0.29, 0.717) is 17.3 Å². The molecule has 3 rings (SSSR count). The Labute approximate surface area is 140 Å². The highest BCUT2D eigenvalue weighted by Crippen LogP contribution is 2.25. The van der Waals surface area contributed by atoms with Gasteiger partial charge in [-0.2, -0.15) is 0 Å². The van der Waals surface area contributed by atoms with Gasteiger partial charge < -0.3 is 4.57 Å². The third kappa shape index (κ3) is 2.58. The average molecular weight is 411 g/mol. The Balaban J connectivity index is 2.38. The van der Waals surface area contributed by atoms with Crippen molar-refractivity contribution >= 4 is 45.2 Å². The lowest BCUT2D eigenvalue weighted by atomic mass is 10.1. The highest BCUT2D eigenvalue weighted by Gasteiger charge is 2.14. The topological polar surface area (TPSA) is 34.9 Å². The summed E-state index contributed by atoms with van der Waals surface area (Å²) in [4.78, 5) is 17.3. The van der Waals surface area contributed by atoms with Crippen molar-refractivity contribution in [2.75, 3.05) is 0 Å². The van der Waals surface area contributed by atoms with Crippen LogP contribution in [0.25, 0.3) is 22.3 Å². The monoisotopic (exact) mass is 410 g/mol. The molecule has 0 N–H and O–H groups in total. The van der Waals surface area contributed by atoms with Gasteiger partial charge in [0, 0.05) is 20.7 Å². The molecule has 0 bridgehead atoms. The molecule has 2 aromatic carbocycles. The summed E-state index contributed by atoms with van der Waals surface area (Å²) in [6.45, 7) is 2.57. The lowest BCUT2D eigenvalue weighted by Gasteiger charge is -2.11. The van der Waals surface area contributed by atoms with Gasteiger partial charge in [-0.25, -0.2) is 4.98 Å². The van der Waals surface area contributed by atoms with Crippen LogP contribution in [-0.4, -0.2) is 9.55 Å². The average Bonchev–Trinajstić information content (AvgIpc) is 2.47. The Bertz CT molecular complexity index is 889. The molecule has 1 aromatic heterocycles. The van der Waals surface area contributed by atoms with Crippen molar-refractivity contribution in [1.29, 1.82) is 0 Å². The van der Waals surface area contributed by atoms with Crippen LogP contribution in [0.5, 0.6) is 0 Å². The maximum Gasteiger partial charge on any atom is 0.277 e. The van der Waals surface area contributed by atoms with E-state index in [9.17, 15) is 4.79 Å². The normalized spacial score (nSPS) is 11.0. The standard InChI is InChI=1S/C16H12ClIN2O/c1-2-20-14-6-4-3-5-13(14)19-15(16(20)21)11-8-7-10(17)9-12(11)18/h3-9H,2H2,1H3. The van der Waals surface area contributed by atoms with E-state index < -0.39 is 0 Å². The zero-order valence-corrected chi connectivity index (χ0v) is 14.2. The first-order valence-electron chi connectivity index (χ1n) is 6.57. The lowest BCUT2D eigenvalue weighted by Crippen LogP contribution is -2.23. The summed E-state index contributed by atoms with van der Waals surface area (Å²) in [5.74, 6) is 0. The van der Waals surface area contributed by atoms with E-state index in [-0.39, 0.29) is 5.56 Å². The van der Waals surface area contributed by atoms with E-state index in [4.69, 9.17) is 11.6 Å². The van der Waals surface area contributed by atoms with E-state index in [2.05, 4.69) is 27.6 Å². The number of fused-ring (bicyclic) bond motifs is 1. The second-order valence-electron chi connectivity index (χ2n) is 4.62. The zero-order valence-electron chi connectivity index (χ0n) is 11.3. The lowest BCUT2D eigenvalue weighted by molar-refractivity contribution is 0.755. The SMILES string of the molecule is CCn1c(=O)c(-c2ccc(Cl)cc2I)nc2ccccc21. The van der Waals surface area contributed by atoms with Crippen LogP contribution in [-0.2, 0) is 6.54 Å². The van der Waals surface area contributed by atoms with Gasteiger partial charge in [0.2, 0.25) is 0 Å². The van der Waals surface area contributed by atoms with Gasteiger partial charge in [0.05, 0.1) is 11.0 Å². The summed E-state index contributed by atoms with van der Waals surface area (Å²) in [6.07, 6.45) is 0. The second-order valence-corrected chi connectivity index (χ2v) is 6.22. The minimum Gasteiger partial charge on any atom is -0.305 e. The van der Waals surface area contributed by atoms with E-state index >= 15 is 0 Å². The molecule has 5 heteroatoms. The first-order chi connectivity index (χ1) is 10.1. The Hall–Kier alpha value is -1.40. The highest BCUT2D eigenvalue weighted by atomic mass is 127. The molecule has 0 unspecified atom stereocenters. The van der Waals surface area contributed by atoms with Crippen molar-refractivity contribution in [3.05, 3.63) is 61.4 Å². The van der Waals surface area contributed by atoms with Gasteiger partial charge in [-0.05, 0) is 53.8 Å². The number of hydrogen-bond donors (Lipinski definition) is 0. The van der Waals surface area contributed by atoms with Gasteiger partial charge >= 0.3 is 0 Å². The van der Waals surface area contributed by atoms with Gasteiger partial charge in [-0.3, -0.25) is 4.79 Å². The first-order valence-corrected chi connectivity index (χ1v) is 8.02. The molecule has 3 nitrogen and oxygen atoms in total.